The molecule has 0 amide bonds. The Balaban J connectivity index is 3.02. The first-order valence-corrected chi connectivity index (χ1v) is 2.88. The normalized spacial score (nSPS) is 10.5. The Kier molecular flexibility index (Phi) is 0.974. The van der Waals surface area contributed by atoms with Crippen molar-refractivity contribution in [3.8, 4) is 6.01 Å². The zero-order valence-corrected chi connectivity index (χ0v) is 5.29. The van der Waals surface area contributed by atoms with Gasteiger partial charge in [0.05, 0.1) is 12.3 Å². The highest BCUT2D eigenvalue weighted by Crippen LogP contribution is 1.99. The molecule has 11 heavy (non-hydrogen) atoms. The quantitative estimate of drug-likeness (QED) is 0.490. The Morgan fingerprint density at radius 3 is 3.18 bits per heavy atom. The summed E-state index contributed by atoms with van der Waals surface area (Å²) in [5.41, 5.74) is -0.110. The van der Waals surface area contributed by atoms with Crippen molar-refractivity contribution < 1.29 is 5.11 Å². The minimum Gasteiger partial charge on any atom is -0.846 e. The SMILES string of the molecule is O=c1[nH]c([O-])nc2nc[nH]c12. The van der Waals surface area contributed by atoms with Crippen LogP contribution in [0.5, 0.6) is 6.01 Å². The molecule has 0 aliphatic rings. The molecule has 0 bridgehead atoms. The second kappa shape index (κ2) is 1.82. The fourth-order valence-electron chi connectivity index (χ4n) is 0.823. The Morgan fingerprint density at radius 2 is 2.36 bits per heavy atom. The number of aromatic nitrogens is 4. The fraction of sp³-hybridized carbons (Fsp3) is 0. The number of hydrogen-bond acceptors (Lipinski definition) is 4. The van der Waals surface area contributed by atoms with E-state index in [0.29, 0.717) is 0 Å². The van der Waals surface area contributed by atoms with Gasteiger partial charge >= 0.3 is 0 Å². The van der Waals surface area contributed by atoms with Crippen LogP contribution in [0.25, 0.3) is 11.2 Å². The highest BCUT2D eigenvalue weighted by Gasteiger charge is 1.99. The van der Waals surface area contributed by atoms with Gasteiger partial charge < -0.3 is 15.1 Å². The van der Waals surface area contributed by atoms with E-state index in [9.17, 15) is 9.90 Å². The molecular formula is C5H3N4O2-. The molecule has 6 nitrogen and oxygen atoms in total. The third-order valence-electron chi connectivity index (χ3n) is 1.27. The second-order valence-corrected chi connectivity index (χ2v) is 1.97. The molecule has 0 saturated heterocycles. The van der Waals surface area contributed by atoms with Crippen LogP contribution in [0.15, 0.2) is 11.1 Å². The largest absolute Gasteiger partial charge is 0.846 e. The molecule has 0 aliphatic heterocycles. The van der Waals surface area contributed by atoms with Crippen molar-refractivity contribution in [2.75, 3.05) is 0 Å². The van der Waals surface area contributed by atoms with E-state index >= 15 is 0 Å². The maximum atomic E-state index is 10.9. The van der Waals surface area contributed by atoms with Crippen LogP contribution in [0.2, 0.25) is 0 Å². The van der Waals surface area contributed by atoms with E-state index < -0.39 is 11.6 Å². The van der Waals surface area contributed by atoms with Crippen LogP contribution in [0.3, 0.4) is 0 Å². The molecule has 56 valence electrons. The van der Waals surface area contributed by atoms with Gasteiger partial charge in [-0.25, -0.2) is 9.97 Å². The van der Waals surface area contributed by atoms with Gasteiger partial charge in [0.1, 0.15) is 0 Å². The van der Waals surface area contributed by atoms with Crippen molar-refractivity contribution in [3.63, 3.8) is 0 Å². The molecule has 0 fully saturated rings. The molecule has 0 spiro atoms. The summed E-state index contributed by atoms with van der Waals surface area (Å²) in [7, 11) is 0. The van der Waals surface area contributed by atoms with Crippen molar-refractivity contribution in [2.45, 2.75) is 0 Å². The summed E-state index contributed by atoms with van der Waals surface area (Å²) in [4.78, 5) is 22.6. The number of imidazole rings is 1. The summed E-state index contributed by atoms with van der Waals surface area (Å²) in [5.74, 6) is 0. The number of aromatic amines is 2. The molecule has 0 unspecified atom stereocenters. The molecule has 2 N–H and O–H groups in total. The molecule has 0 saturated carbocycles. The molecule has 2 aromatic heterocycles. The molecule has 0 radical (unpaired) electrons. The van der Waals surface area contributed by atoms with Crippen molar-refractivity contribution in [2.24, 2.45) is 0 Å². The van der Waals surface area contributed by atoms with Gasteiger partial charge in [0.15, 0.2) is 11.2 Å². The highest BCUT2D eigenvalue weighted by molar-refractivity contribution is 5.68. The molecule has 2 heterocycles. The Hall–Kier alpha value is -1.85. The molecule has 0 atom stereocenters. The smallest absolute Gasteiger partial charge is 0.276 e. The minimum absolute atomic E-state index is 0.152. The molecular weight excluding hydrogens is 148 g/mol. The van der Waals surface area contributed by atoms with E-state index in [1.807, 2.05) is 4.98 Å². The van der Waals surface area contributed by atoms with Crippen LogP contribution in [-0.4, -0.2) is 19.9 Å². The lowest BCUT2D eigenvalue weighted by molar-refractivity contribution is -0.281. The van der Waals surface area contributed by atoms with Gasteiger partial charge in [0.25, 0.3) is 5.56 Å². The minimum atomic E-state index is -0.672. The Morgan fingerprint density at radius 1 is 1.55 bits per heavy atom. The predicted molar refractivity (Wildman–Crippen MR) is 34.0 cm³/mol. The first kappa shape index (κ1) is 5.90. The van der Waals surface area contributed by atoms with Gasteiger partial charge in [0.2, 0.25) is 0 Å². The average Bonchev–Trinajstić information content (AvgIpc) is 2.34. The Bertz CT molecular complexity index is 443. The maximum absolute atomic E-state index is 10.9. The van der Waals surface area contributed by atoms with E-state index in [2.05, 4.69) is 15.0 Å². The van der Waals surface area contributed by atoms with Crippen molar-refractivity contribution in [1.29, 1.82) is 0 Å². The van der Waals surface area contributed by atoms with Crippen LogP contribution in [-0.2, 0) is 0 Å². The number of rotatable bonds is 0. The van der Waals surface area contributed by atoms with Crippen molar-refractivity contribution in [3.05, 3.63) is 16.7 Å². The second-order valence-electron chi connectivity index (χ2n) is 1.97. The summed E-state index contributed by atoms with van der Waals surface area (Å²) in [6, 6.07) is -0.672. The van der Waals surface area contributed by atoms with Gasteiger partial charge in [-0.15, -0.1) is 0 Å². The van der Waals surface area contributed by atoms with Gasteiger partial charge in [-0.3, -0.25) is 4.79 Å². The van der Waals surface area contributed by atoms with Gasteiger partial charge in [0, 0.05) is 0 Å². The van der Waals surface area contributed by atoms with Crippen LogP contribution in [0, 0.1) is 0 Å². The fourth-order valence-corrected chi connectivity index (χ4v) is 0.823. The number of H-pyrrole nitrogens is 2. The van der Waals surface area contributed by atoms with Crippen LogP contribution in [0.4, 0.5) is 0 Å². The van der Waals surface area contributed by atoms with Gasteiger partial charge in [-0.2, -0.15) is 0 Å². The molecule has 0 aromatic carbocycles. The first-order chi connectivity index (χ1) is 5.27. The summed E-state index contributed by atoms with van der Waals surface area (Å²) >= 11 is 0. The summed E-state index contributed by atoms with van der Waals surface area (Å²) < 4.78 is 0. The number of nitrogens with zero attached hydrogens (tertiary/aromatic N) is 2. The number of nitrogens with one attached hydrogen (secondary N) is 2. The number of hydrogen-bond donors (Lipinski definition) is 2. The molecule has 0 aliphatic carbocycles. The zero-order chi connectivity index (χ0) is 7.84. The van der Waals surface area contributed by atoms with E-state index in [0.717, 1.165) is 0 Å². The van der Waals surface area contributed by atoms with Crippen LogP contribution < -0.4 is 10.7 Å². The zero-order valence-electron chi connectivity index (χ0n) is 5.29. The summed E-state index contributed by atoms with van der Waals surface area (Å²) in [5, 5.41) is 10.6. The summed E-state index contributed by atoms with van der Waals surface area (Å²) in [6.07, 6.45) is 1.31. The maximum Gasteiger partial charge on any atom is 0.276 e. The topological polar surface area (TPSA) is 97.5 Å². The van der Waals surface area contributed by atoms with Crippen LogP contribution in [0.1, 0.15) is 0 Å². The van der Waals surface area contributed by atoms with E-state index in [1.54, 1.807) is 0 Å². The van der Waals surface area contributed by atoms with Crippen LogP contribution >= 0.6 is 0 Å². The van der Waals surface area contributed by atoms with E-state index in [4.69, 9.17) is 0 Å². The number of fused-ring (bicyclic) bond motifs is 1. The van der Waals surface area contributed by atoms with Gasteiger partial charge in [-0.05, 0) is 0 Å². The lowest BCUT2D eigenvalue weighted by atomic mass is 10.5. The van der Waals surface area contributed by atoms with Crippen molar-refractivity contribution in [1.82, 2.24) is 19.9 Å². The van der Waals surface area contributed by atoms with E-state index in [-0.39, 0.29) is 11.2 Å². The third-order valence-corrected chi connectivity index (χ3v) is 1.27. The lowest BCUT2D eigenvalue weighted by Crippen LogP contribution is -2.11. The first-order valence-electron chi connectivity index (χ1n) is 2.88. The monoisotopic (exact) mass is 151 g/mol. The Labute approximate surface area is 59.9 Å². The predicted octanol–water partition coefficient (Wildman–Crippen LogP) is -1.28. The molecule has 2 rings (SSSR count). The highest BCUT2D eigenvalue weighted by atomic mass is 16.3. The van der Waals surface area contributed by atoms with E-state index in [1.165, 1.54) is 6.33 Å². The standard InChI is InChI=1S/C5H4N4O2/c10-4-2-3(7-1-6-2)8-5(11)9-4/h1H,(H3,6,7,8,9,10,11)/p-1. The summed E-state index contributed by atoms with van der Waals surface area (Å²) in [6.45, 7) is 0. The average molecular weight is 151 g/mol. The van der Waals surface area contributed by atoms with Crippen molar-refractivity contribution >= 4 is 11.2 Å². The molecule has 2 aromatic rings. The van der Waals surface area contributed by atoms with Gasteiger partial charge in [-0.1, -0.05) is 0 Å². The lowest BCUT2D eigenvalue weighted by Gasteiger charge is -1.99. The molecule has 6 heteroatoms. The third kappa shape index (κ3) is 0.759.